The second-order valence-corrected chi connectivity index (χ2v) is 6.99. The van der Waals surface area contributed by atoms with Gasteiger partial charge >= 0.3 is 0 Å². The number of nitrogens with zero attached hydrogens (tertiary/aromatic N) is 3. The van der Waals surface area contributed by atoms with Crippen LogP contribution in [0, 0.1) is 0 Å². The number of carbonyl (C=O) groups is 1. The summed E-state index contributed by atoms with van der Waals surface area (Å²) in [6, 6.07) is 24.3. The highest BCUT2D eigenvalue weighted by molar-refractivity contribution is 6.01. The highest BCUT2D eigenvalue weighted by Gasteiger charge is 2.16. The third kappa shape index (κ3) is 3.98. The van der Waals surface area contributed by atoms with E-state index in [1.807, 2.05) is 73.5 Å². The minimum Gasteiger partial charge on any atom is -0.344 e. The second-order valence-electron chi connectivity index (χ2n) is 6.99. The molecule has 4 aromatic rings. The zero-order valence-corrected chi connectivity index (χ0v) is 17.4. The van der Waals surface area contributed by atoms with E-state index in [1.165, 1.54) is 4.57 Å². The number of amides is 1. The Morgan fingerprint density at radius 3 is 2.42 bits per heavy atom. The fraction of sp³-hybridized carbons (Fsp3) is 0.125. The Hall–Kier alpha value is -4.13. The first-order valence-corrected chi connectivity index (χ1v) is 10.0. The van der Waals surface area contributed by atoms with Crippen LogP contribution in [0.15, 0.2) is 83.7 Å². The van der Waals surface area contributed by atoms with E-state index in [0.29, 0.717) is 23.0 Å². The first-order valence-electron chi connectivity index (χ1n) is 10.0. The lowest BCUT2D eigenvalue weighted by Gasteiger charge is -2.22. The van der Waals surface area contributed by atoms with Crippen molar-refractivity contribution in [2.75, 3.05) is 17.4 Å². The highest BCUT2D eigenvalue weighted by atomic mass is 16.2. The molecule has 31 heavy (non-hydrogen) atoms. The quantitative estimate of drug-likeness (QED) is 0.468. The Bertz CT molecular complexity index is 1280. The maximum absolute atomic E-state index is 13.0. The maximum Gasteiger partial charge on any atom is 0.271 e. The number of rotatable bonds is 6. The number of hydrogen-bond acceptors (Lipinski definition) is 5. The highest BCUT2D eigenvalue weighted by Crippen LogP contribution is 2.26. The molecule has 0 radical (unpaired) electrons. The molecule has 0 saturated heterocycles. The summed E-state index contributed by atoms with van der Waals surface area (Å²) >= 11 is 0. The predicted octanol–water partition coefficient (Wildman–Crippen LogP) is 3.94. The number of para-hydroxylation sites is 3. The Balaban J connectivity index is 1.61. The lowest BCUT2D eigenvalue weighted by atomic mass is 10.1. The molecule has 0 atom stereocenters. The summed E-state index contributed by atoms with van der Waals surface area (Å²) in [6.07, 6.45) is 0. The van der Waals surface area contributed by atoms with Gasteiger partial charge < -0.3 is 4.90 Å². The summed E-state index contributed by atoms with van der Waals surface area (Å²) in [4.78, 5) is 32.2. The monoisotopic (exact) mass is 413 g/mol. The van der Waals surface area contributed by atoms with E-state index in [1.54, 1.807) is 24.3 Å². The first kappa shape index (κ1) is 20.2. The van der Waals surface area contributed by atoms with Gasteiger partial charge in [-0.3, -0.25) is 25.0 Å². The topological polar surface area (TPSA) is 79.3 Å². The van der Waals surface area contributed by atoms with Crippen LogP contribution >= 0.6 is 0 Å². The van der Waals surface area contributed by atoms with Crippen LogP contribution in [0.3, 0.4) is 0 Å². The summed E-state index contributed by atoms with van der Waals surface area (Å²) in [5.41, 5.74) is 8.15. The van der Waals surface area contributed by atoms with E-state index in [9.17, 15) is 9.59 Å². The van der Waals surface area contributed by atoms with Crippen molar-refractivity contribution >= 4 is 34.1 Å². The van der Waals surface area contributed by atoms with E-state index in [4.69, 9.17) is 0 Å². The van der Waals surface area contributed by atoms with Gasteiger partial charge in [0.15, 0.2) is 0 Å². The Morgan fingerprint density at radius 1 is 0.968 bits per heavy atom. The molecule has 0 saturated carbocycles. The Morgan fingerprint density at radius 2 is 1.65 bits per heavy atom. The molecule has 0 unspecified atom stereocenters. The first-order chi connectivity index (χ1) is 15.1. The molecule has 0 spiro atoms. The molecule has 1 amide bonds. The van der Waals surface area contributed by atoms with Gasteiger partial charge in [-0.2, -0.15) is 0 Å². The zero-order chi connectivity index (χ0) is 21.8. The molecule has 1 heterocycles. The molecule has 1 aromatic heterocycles. The molecule has 2 N–H and O–H groups in total. The van der Waals surface area contributed by atoms with Crippen LogP contribution in [-0.4, -0.2) is 22.5 Å². The molecule has 0 fully saturated rings. The number of carbonyl (C=O) groups excluding carboxylic acids is 1. The van der Waals surface area contributed by atoms with E-state index in [-0.39, 0.29) is 17.4 Å². The summed E-state index contributed by atoms with van der Waals surface area (Å²) in [7, 11) is 1.91. The van der Waals surface area contributed by atoms with Crippen molar-refractivity contribution in [3.8, 4) is 0 Å². The van der Waals surface area contributed by atoms with Crippen LogP contribution in [0.25, 0.3) is 10.9 Å². The minimum atomic E-state index is -0.330. The van der Waals surface area contributed by atoms with Gasteiger partial charge in [-0.1, -0.05) is 42.5 Å². The van der Waals surface area contributed by atoms with Crippen molar-refractivity contribution < 1.29 is 4.79 Å². The molecule has 0 aliphatic rings. The summed E-state index contributed by atoms with van der Waals surface area (Å²) in [5, 5.41) is 0.538. The molecule has 0 bridgehead atoms. The van der Waals surface area contributed by atoms with Gasteiger partial charge in [0.25, 0.3) is 11.5 Å². The fourth-order valence-corrected chi connectivity index (χ4v) is 3.49. The molecule has 7 nitrogen and oxygen atoms in total. The molecule has 4 rings (SSSR count). The smallest absolute Gasteiger partial charge is 0.271 e. The van der Waals surface area contributed by atoms with Crippen LogP contribution in [-0.2, 0) is 6.54 Å². The van der Waals surface area contributed by atoms with Crippen LogP contribution < -0.4 is 21.3 Å². The number of nitrogens with one attached hydrogen (secondary N) is 2. The molecule has 156 valence electrons. The molecule has 3 aromatic carbocycles. The van der Waals surface area contributed by atoms with E-state index in [0.717, 1.165) is 11.4 Å². The lowest BCUT2D eigenvalue weighted by Crippen LogP contribution is -2.35. The van der Waals surface area contributed by atoms with Crippen molar-refractivity contribution in [2.45, 2.75) is 13.5 Å². The normalized spacial score (nSPS) is 10.6. The summed E-state index contributed by atoms with van der Waals surface area (Å²) < 4.78 is 1.49. The van der Waals surface area contributed by atoms with Crippen molar-refractivity contribution in [3.63, 3.8) is 0 Å². The van der Waals surface area contributed by atoms with E-state index in [2.05, 4.69) is 15.8 Å². The average molecular weight is 413 g/mol. The number of hydrazine groups is 1. The van der Waals surface area contributed by atoms with Gasteiger partial charge in [0, 0.05) is 19.3 Å². The van der Waals surface area contributed by atoms with E-state index < -0.39 is 0 Å². The second kappa shape index (κ2) is 8.71. The van der Waals surface area contributed by atoms with Gasteiger partial charge in [0.2, 0.25) is 5.95 Å². The third-order valence-electron chi connectivity index (χ3n) is 5.12. The number of aromatic nitrogens is 2. The number of anilines is 3. The van der Waals surface area contributed by atoms with Crippen molar-refractivity contribution in [1.29, 1.82) is 0 Å². The van der Waals surface area contributed by atoms with Crippen LogP contribution in [0.1, 0.15) is 17.3 Å². The van der Waals surface area contributed by atoms with Crippen LogP contribution in [0.2, 0.25) is 0 Å². The number of hydrogen-bond donors (Lipinski definition) is 2. The minimum absolute atomic E-state index is 0.158. The van der Waals surface area contributed by atoms with Crippen LogP contribution in [0.5, 0.6) is 0 Å². The largest absolute Gasteiger partial charge is 0.344 e. The van der Waals surface area contributed by atoms with Crippen LogP contribution in [0.4, 0.5) is 17.3 Å². The van der Waals surface area contributed by atoms with Crippen molar-refractivity contribution in [2.24, 2.45) is 0 Å². The fourth-order valence-electron chi connectivity index (χ4n) is 3.49. The Labute approximate surface area is 179 Å². The third-order valence-corrected chi connectivity index (χ3v) is 5.12. The lowest BCUT2D eigenvalue weighted by molar-refractivity contribution is 0.0962. The predicted molar refractivity (Wildman–Crippen MR) is 124 cm³/mol. The van der Waals surface area contributed by atoms with Crippen molar-refractivity contribution in [1.82, 2.24) is 15.0 Å². The average Bonchev–Trinajstić information content (AvgIpc) is 2.82. The van der Waals surface area contributed by atoms with Gasteiger partial charge in [0.1, 0.15) is 0 Å². The van der Waals surface area contributed by atoms with Crippen molar-refractivity contribution in [3.05, 3.63) is 94.8 Å². The Kier molecular flexibility index (Phi) is 5.66. The maximum atomic E-state index is 13.0. The molecule has 7 heteroatoms. The molecule has 0 aliphatic carbocycles. The SMILES string of the molecule is CCn1c(NNC(=O)c2ccccc2N(C)c2ccccc2)nc2ccccc2c1=O. The molecular weight excluding hydrogens is 390 g/mol. The number of fused-ring (bicyclic) bond motifs is 1. The molecule has 0 aliphatic heterocycles. The summed E-state index contributed by atoms with van der Waals surface area (Å²) in [5.74, 6) is -0.0445. The summed E-state index contributed by atoms with van der Waals surface area (Å²) in [6.45, 7) is 2.27. The van der Waals surface area contributed by atoms with E-state index >= 15 is 0 Å². The van der Waals surface area contributed by atoms with Gasteiger partial charge in [-0.05, 0) is 43.3 Å². The zero-order valence-electron chi connectivity index (χ0n) is 17.4. The standard InChI is InChI=1S/C24H23N5O2/c1-3-29-23(31)18-13-7-9-15-20(18)25-24(29)27-26-22(30)19-14-8-10-16-21(19)28(2)17-11-5-4-6-12-17/h4-16H,3H2,1-2H3,(H,25,27)(H,26,30). The van der Waals surface area contributed by atoms with Gasteiger partial charge in [0.05, 0.1) is 22.2 Å². The molecular formula is C24H23N5O2. The van der Waals surface area contributed by atoms with Gasteiger partial charge in [-0.15, -0.1) is 0 Å². The number of benzene rings is 3. The van der Waals surface area contributed by atoms with Gasteiger partial charge in [-0.25, -0.2) is 4.98 Å².